The average molecular weight is 548 g/mol. The summed E-state index contributed by atoms with van der Waals surface area (Å²) in [6.45, 7) is 4.88. The first-order valence-electron chi connectivity index (χ1n) is 10.3. The lowest BCUT2D eigenvalue weighted by molar-refractivity contribution is -0.118. The van der Waals surface area contributed by atoms with E-state index in [1.165, 1.54) is 17.3 Å². The highest BCUT2D eigenvalue weighted by Crippen LogP contribution is 2.37. The van der Waals surface area contributed by atoms with Gasteiger partial charge in [-0.3, -0.25) is 4.79 Å². The Balaban J connectivity index is 1.60. The summed E-state index contributed by atoms with van der Waals surface area (Å²) in [6, 6.07) is 19.2. The molecule has 0 unspecified atom stereocenters. The summed E-state index contributed by atoms with van der Waals surface area (Å²) in [4.78, 5) is 13.0. The van der Waals surface area contributed by atoms with Gasteiger partial charge in [0.2, 0.25) is 5.91 Å². The normalized spacial score (nSPS) is 10.9. The lowest BCUT2D eigenvalue weighted by Gasteiger charge is -2.15. The Morgan fingerprint density at radius 1 is 1.12 bits per heavy atom. The Kier molecular flexibility index (Phi) is 9.66. The number of halogens is 2. The molecule has 0 spiro atoms. The van der Waals surface area contributed by atoms with Crippen LogP contribution >= 0.6 is 39.3 Å². The Bertz CT molecular complexity index is 1110. The van der Waals surface area contributed by atoms with Gasteiger partial charge in [0.15, 0.2) is 11.5 Å². The molecule has 0 heterocycles. The molecule has 3 aromatic carbocycles. The van der Waals surface area contributed by atoms with Crippen LogP contribution in [0.4, 0.5) is 0 Å². The Morgan fingerprint density at radius 3 is 2.55 bits per heavy atom. The average Bonchev–Trinajstić information content (AvgIpc) is 2.79. The zero-order chi connectivity index (χ0) is 23.6. The van der Waals surface area contributed by atoms with Gasteiger partial charge in [-0.2, -0.15) is 5.10 Å². The Labute approximate surface area is 211 Å². The highest BCUT2D eigenvalue weighted by molar-refractivity contribution is 9.10. The number of hydrogen-bond donors (Lipinski definition) is 1. The number of carbonyl (C=O) groups is 1. The number of nitrogens with one attached hydrogen (secondary N) is 1. The molecule has 5 nitrogen and oxygen atoms in total. The second-order valence-corrected chi connectivity index (χ2v) is 9.41. The van der Waals surface area contributed by atoms with E-state index in [4.69, 9.17) is 21.1 Å². The standard InChI is InChI=1S/C25H24BrClN2O3S/c1-3-31-23-13-19(12-22(26)25(23)32-15-18-6-4-17(2)5-7-18)14-28-29-24(30)16-33-21-10-8-20(27)9-11-21/h4-14H,3,15-16H2,1-2H3,(H,29,30)/b28-14-. The summed E-state index contributed by atoms with van der Waals surface area (Å²) in [6.07, 6.45) is 1.57. The van der Waals surface area contributed by atoms with Crippen LogP contribution in [0.15, 0.2) is 75.1 Å². The minimum atomic E-state index is -0.201. The van der Waals surface area contributed by atoms with Gasteiger partial charge in [-0.15, -0.1) is 11.8 Å². The van der Waals surface area contributed by atoms with E-state index >= 15 is 0 Å². The van der Waals surface area contributed by atoms with Crippen LogP contribution in [0.5, 0.6) is 11.5 Å². The van der Waals surface area contributed by atoms with Crippen LogP contribution in [0.1, 0.15) is 23.6 Å². The van der Waals surface area contributed by atoms with Crippen molar-refractivity contribution in [1.29, 1.82) is 0 Å². The molecule has 172 valence electrons. The molecular formula is C25H24BrClN2O3S. The fourth-order valence-corrected chi connectivity index (χ4v) is 4.19. The number of nitrogens with zero attached hydrogens (tertiary/aromatic N) is 1. The molecule has 3 rings (SSSR count). The first-order valence-corrected chi connectivity index (χ1v) is 12.4. The van der Waals surface area contributed by atoms with Crippen molar-refractivity contribution in [3.63, 3.8) is 0 Å². The van der Waals surface area contributed by atoms with Crippen molar-refractivity contribution in [2.75, 3.05) is 12.4 Å². The Hall–Kier alpha value is -2.48. The van der Waals surface area contributed by atoms with Gasteiger partial charge in [-0.1, -0.05) is 41.4 Å². The lowest BCUT2D eigenvalue weighted by atomic mass is 10.2. The van der Waals surface area contributed by atoms with Gasteiger partial charge in [-0.05, 0) is 77.3 Å². The van der Waals surface area contributed by atoms with E-state index in [1.54, 1.807) is 18.3 Å². The summed E-state index contributed by atoms with van der Waals surface area (Å²) < 4.78 is 12.5. The fourth-order valence-electron chi connectivity index (χ4n) is 2.80. The second kappa shape index (κ2) is 12.7. The van der Waals surface area contributed by atoms with Crippen molar-refractivity contribution in [3.05, 3.63) is 86.8 Å². The van der Waals surface area contributed by atoms with Crippen LogP contribution in [-0.4, -0.2) is 24.5 Å². The summed E-state index contributed by atoms with van der Waals surface area (Å²) in [5, 5.41) is 4.73. The maximum absolute atomic E-state index is 12.1. The number of benzene rings is 3. The first-order chi connectivity index (χ1) is 15.9. The van der Waals surface area contributed by atoms with Gasteiger partial charge in [0.1, 0.15) is 6.61 Å². The number of aryl methyl sites for hydroxylation is 1. The van der Waals surface area contributed by atoms with Crippen molar-refractivity contribution in [3.8, 4) is 11.5 Å². The smallest absolute Gasteiger partial charge is 0.250 e. The number of hydrogen-bond acceptors (Lipinski definition) is 5. The molecule has 3 aromatic rings. The highest BCUT2D eigenvalue weighted by Gasteiger charge is 2.12. The quantitative estimate of drug-likeness (QED) is 0.176. The molecule has 0 aliphatic rings. The van der Waals surface area contributed by atoms with Crippen molar-refractivity contribution >= 4 is 51.4 Å². The van der Waals surface area contributed by atoms with Crippen LogP contribution in [0.2, 0.25) is 5.02 Å². The molecule has 0 aliphatic carbocycles. The number of amides is 1. The van der Waals surface area contributed by atoms with E-state index in [2.05, 4.69) is 45.5 Å². The van der Waals surface area contributed by atoms with E-state index in [-0.39, 0.29) is 11.7 Å². The van der Waals surface area contributed by atoms with Crippen LogP contribution in [0.25, 0.3) is 0 Å². The molecule has 0 radical (unpaired) electrons. The van der Waals surface area contributed by atoms with Crippen molar-refractivity contribution in [2.24, 2.45) is 5.10 Å². The third kappa shape index (κ3) is 8.11. The number of thioether (sulfide) groups is 1. The molecule has 0 fully saturated rings. The molecule has 33 heavy (non-hydrogen) atoms. The van der Waals surface area contributed by atoms with E-state index < -0.39 is 0 Å². The fraction of sp³-hybridized carbons (Fsp3) is 0.200. The molecule has 8 heteroatoms. The minimum Gasteiger partial charge on any atom is -0.490 e. The van der Waals surface area contributed by atoms with Crippen molar-refractivity contribution in [1.82, 2.24) is 5.43 Å². The van der Waals surface area contributed by atoms with Crippen LogP contribution in [0.3, 0.4) is 0 Å². The molecule has 1 N–H and O–H groups in total. The van der Waals surface area contributed by atoms with Gasteiger partial charge in [0.05, 0.1) is 23.0 Å². The molecule has 0 saturated carbocycles. The predicted octanol–water partition coefficient (Wildman–Crippen LogP) is 6.63. The second-order valence-electron chi connectivity index (χ2n) is 7.07. The summed E-state index contributed by atoms with van der Waals surface area (Å²) in [5.41, 5.74) is 5.58. The lowest BCUT2D eigenvalue weighted by Crippen LogP contribution is -2.19. The number of rotatable bonds is 10. The number of hydrazone groups is 1. The monoisotopic (exact) mass is 546 g/mol. The summed E-state index contributed by atoms with van der Waals surface area (Å²) in [7, 11) is 0. The highest BCUT2D eigenvalue weighted by atomic mass is 79.9. The van der Waals surface area contributed by atoms with Crippen LogP contribution in [0, 0.1) is 6.92 Å². The largest absolute Gasteiger partial charge is 0.490 e. The maximum atomic E-state index is 12.1. The topological polar surface area (TPSA) is 59.9 Å². The predicted molar refractivity (Wildman–Crippen MR) is 139 cm³/mol. The van der Waals surface area contributed by atoms with Gasteiger partial charge < -0.3 is 9.47 Å². The van der Waals surface area contributed by atoms with Crippen molar-refractivity contribution < 1.29 is 14.3 Å². The zero-order valence-corrected chi connectivity index (χ0v) is 21.5. The third-order valence-electron chi connectivity index (χ3n) is 4.42. The molecule has 0 aromatic heterocycles. The van der Waals surface area contributed by atoms with Gasteiger partial charge >= 0.3 is 0 Å². The van der Waals surface area contributed by atoms with Crippen LogP contribution < -0.4 is 14.9 Å². The minimum absolute atomic E-state index is 0.201. The molecule has 0 aliphatic heterocycles. The van der Waals surface area contributed by atoms with E-state index in [0.717, 1.165) is 20.5 Å². The van der Waals surface area contributed by atoms with Gasteiger partial charge in [0.25, 0.3) is 0 Å². The van der Waals surface area contributed by atoms with E-state index in [1.807, 2.05) is 43.3 Å². The summed E-state index contributed by atoms with van der Waals surface area (Å²) >= 11 is 10.9. The maximum Gasteiger partial charge on any atom is 0.250 e. The van der Waals surface area contributed by atoms with Gasteiger partial charge in [0, 0.05) is 9.92 Å². The third-order valence-corrected chi connectivity index (χ3v) is 6.27. The van der Waals surface area contributed by atoms with Gasteiger partial charge in [-0.25, -0.2) is 5.43 Å². The molecular weight excluding hydrogens is 524 g/mol. The Morgan fingerprint density at radius 2 is 1.85 bits per heavy atom. The summed E-state index contributed by atoms with van der Waals surface area (Å²) in [5.74, 6) is 1.27. The first kappa shape index (κ1) is 25.1. The molecule has 0 atom stereocenters. The molecule has 0 saturated heterocycles. The van der Waals surface area contributed by atoms with Crippen molar-refractivity contribution in [2.45, 2.75) is 25.3 Å². The molecule has 1 amide bonds. The zero-order valence-electron chi connectivity index (χ0n) is 18.3. The number of carbonyl (C=O) groups excluding carboxylic acids is 1. The van der Waals surface area contributed by atoms with E-state index in [9.17, 15) is 4.79 Å². The molecule has 0 bridgehead atoms. The SMILES string of the molecule is CCOc1cc(/C=N\NC(=O)CSc2ccc(Cl)cc2)cc(Br)c1OCc1ccc(C)cc1. The number of ether oxygens (including phenoxy) is 2. The van der Waals surface area contributed by atoms with Crippen LogP contribution in [-0.2, 0) is 11.4 Å². The van der Waals surface area contributed by atoms with E-state index in [0.29, 0.717) is 29.7 Å².